The number of aromatic nitrogens is 1. The number of hydrogen-bond donors (Lipinski definition) is 1. The number of fused-ring (bicyclic) bond motifs is 7. The zero-order valence-corrected chi connectivity index (χ0v) is 10.0. The van der Waals surface area contributed by atoms with E-state index in [0.717, 1.165) is 28.3 Å². The lowest BCUT2D eigenvalue weighted by Crippen LogP contribution is -2.35. The predicted molar refractivity (Wildman–Crippen MR) is 68.4 cm³/mol. The van der Waals surface area contributed by atoms with Crippen LogP contribution in [-0.2, 0) is 0 Å². The number of para-hydroxylation sites is 3. The smallest absolute Gasteiger partial charge is 0.387 e. The van der Waals surface area contributed by atoms with E-state index in [1.54, 1.807) is 0 Å². The number of rotatable bonds is 0. The van der Waals surface area contributed by atoms with Crippen molar-refractivity contribution in [3.8, 4) is 17.2 Å². The molecule has 0 bridgehead atoms. The maximum Gasteiger partial charge on any atom is 0.387 e. The van der Waals surface area contributed by atoms with Crippen LogP contribution in [-0.4, -0.2) is 6.23 Å². The zero-order valence-electron chi connectivity index (χ0n) is 10.0. The second-order valence-electron chi connectivity index (χ2n) is 4.89. The molecule has 2 aliphatic rings. The number of oxazole rings is 1. The van der Waals surface area contributed by atoms with Crippen LogP contribution >= 0.6 is 0 Å². The molecule has 1 N–H and O–H groups in total. The Hall–Kier alpha value is -2.33. The van der Waals surface area contributed by atoms with E-state index in [-0.39, 0.29) is 12.4 Å². The molecule has 3 heterocycles. The van der Waals surface area contributed by atoms with E-state index < -0.39 is 0 Å². The summed E-state index contributed by atoms with van der Waals surface area (Å²) < 4.78 is 14.2. The summed E-state index contributed by atoms with van der Waals surface area (Å²) in [4.78, 5) is 0. The van der Waals surface area contributed by atoms with Gasteiger partial charge in [-0.25, -0.2) is 5.32 Å². The van der Waals surface area contributed by atoms with Gasteiger partial charge in [-0.2, -0.15) is 0 Å². The maximum atomic E-state index is 6.04. The second-order valence-corrected chi connectivity index (χ2v) is 4.89. The lowest BCUT2D eigenvalue weighted by Gasteiger charge is -2.02. The molecule has 0 amide bonds. The monoisotopic (exact) mass is 251 g/mol. The van der Waals surface area contributed by atoms with E-state index in [2.05, 4.69) is 16.0 Å². The Labute approximate surface area is 109 Å². The molecule has 92 valence electrons. The van der Waals surface area contributed by atoms with Crippen molar-refractivity contribution in [3.05, 3.63) is 48.5 Å². The quantitative estimate of drug-likeness (QED) is 0.492. The number of hydrogen-bond acceptors (Lipinski definition) is 3. The molecule has 3 aromatic rings. The third-order valence-electron chi connectivity index (χ3n) is 3.71. The fourth-order valence-corrected chi connectivity index (χ4v) is 2.77. The fourth-order valence-electron chi connectivity index (χ4n) is 2.77. The van der Waals surface area contributed by atoms with Crippen molar-refractivity contribution in [2.75, 3.05) is 0 Å². The van der Waals surface area contributed by atoms with Crippen LogP contribution in [0, 0.1) is 0 Å². The Morgan fingerprint density at radius 1 is 1.00 bits per heavy atom. The van der Waals surface area contributed by atoms with E-state index in [1.807, 2.05) is 42.5 Å². The first-order valence-corrected chi connectivity index (χ1v) is 6.37. The SMILES string of the molecule is c1ccc2c(c1)OC1NC1[n+]1c-2oc2ccccc21. The van der Waals surface area contributed by atoms with Gasteiger partial charge in [-0.15, -0.1) is 4.57 Å². The Morgan fingerprint density at radius 2 is 1.84 bits per heavy atom. The topological polar surface area (TPSA) is 48.2 Å². The first-order valence-electron chi connectivity index (χ1n) is 6.37. The maximum absolute atomic E-state index is 6.04. The molecule has 0 saturated carbocycles. The minimum atomic E-state index is 0.0356. The number of nitrogens with zero attached hydrogens (tertiary/aromatic N) is 1. The van der Waals surface area contributed by atoms with Crippen LogP contribution in [0.1, 0.15) is 6.17 Å². The average molecular weight is 251 g/mol. The van der Waals surface area contributed by atoms with Crippen LogP contribution in [0.5, 0.6) is 5.75 Å². The first-order chi connectivity index (χ1) is 9.42. The Kier molecular flexibility index (Phi) is 1.59. The van der Waals surface area contributed by atoms with Crippen molar-refractivity contribution in [2.45, 2.75) is 12.4 Å². The van der Waals surface area contributed by atoms with E-state index in [4.69, 9.17) is 9.15 Å². The van der Waals surface area contributed by atoms with E-state index >= 15 is 0 Å². The van der Waals surface area contributed by atoms with Gasteiger partial charge in [-0.05, 0) is 18.2 Å². The third kappa shape index (κ3) is 1.19. The summed E-state index contributed by atoms with van der Waals surface area (Å²) >= 11 is 0. The molecule has 4 heteroatoms. The Morgan fingerprint density at radius 3 is 2.84 bits per heavy atom. The summed E-state index contributed by atoms with van der Waals surface area (Å²) in [5, 5.41) is 3.33. The number of ether oxygens (including phenoxy) is 1. The van der Waals surface area contributed by atoms with Crippen LogP contribution < -0.4 is 14.6 Å². The van der Waals surface area contributed by atoms with E-state index in [0.29, 0.717) is 0 Å². The molecule has 2 aromatic carbocycles. The summed E-state index contributed by atoms with van der Waals surface area (Å²) in [7, 11) is 0. The van der Waals surface area contributed by atoms with Gasteiger partial charge in [0.1, 0.15) is 11.3 Å². The van der Waals surface area contributed by atoms with Gasteiger partial charge < -0.3 is 9.15 Å². The predicted octanol–water partition coefficient (Wildman–Crippen LogP) is 2.21. The fraction of sp³-hybridized carbons (Fsp3) is 0.133. The van der Waals surface area contributed by atoms with Crippen LogP contribution in [0.4, 0.5) is 0 Å². The van der Waals surface area contributed by atoms with Gasteiger partial charge in [-0.3, -0.25) is 0 Å². The highest BCUT2D eigenvalue weighted by Gasteiger charge is 2.54. The third-order valence-corrected chi connectivity index (χ3v) is 3.71. The number of nitrogens with one attached hydrogen (secondary N) is 1. The van der Waals surface area contributed by atoms with Gasteiger partial charge in [0.05, 0.1) is 0 Å². The summed E-state index contributed by atoms with van der Waals surface area (Å²) in [6, 6.07) is 16.1. The van der Waals surface area contributed by atoms with Gasteiger partial charge in [0.25, 0.3) is 11.7 Å². The molecule has 19 heavy (non-hydrogen) atoms. The van der Waals surface area contributed by atoms with Crippen molar-refractivity contribution in [1.82, 2.24) is 5.32 Å². The molecule has 2 atom stereocenters. The molecule has 5 rings (SSSR count). The van der Waals surface area contributed by atoms with E-state index in [9.17, 15) is 0 Å². The van der Waals surface area contributed by atoms with Gasteiger partial charge in [0, 0.05) is 6.07 Å². The lowest BCUT2D eigenvalue weighted by atomic mass is 10.2. The van der Waals surface area contributed by atoms with Crippen LogP contribution in [0.25, 0.3) is 22.6 Å². The van der Waals surface area contributed by atoms with Crippen molar-refractivity contribution in [1.29, 1.82) is 0 Å². The Bertz CT molecular complexity index is 809. The van der Waals surface area contributed by atoms with Gasteiger partial charge in [0.15, 0.2) is 0 Å². The average Bonchev–Trinajstić information content (AvgIpc) is 3.11. The summed E-state index contributed by atoms with van der Waals surface area (Å²) in [6.45, 7) is 0. The van der Waals surface area contributed by atoms with Crippen molar-refractivity contribution in [2.24, 2.45) is 0 Å². The summed E-state index contributed by atoms with van der Waals surface area (Å²) in [5.74, 6) is 1.72. The minimum Gasteiger partial charge on any atom is -0.465 e. The largest absolute Gasteiger partial charge is 0.465 e. The Balaban J connectivity index is 1.92. The molecule has 1 fully saturated rings. The molecule has 4 nitrogen and oxygen atoms in total. The highest BCUT2D eigenvalue weighted by molar-refractivity contribution is 5.73. The molecule has 2 aliphatic heterocycles. The molecule has 0 spiro atoms. The minimum absolute atomic E-state index is 0.0356. The van der Waals surface area contributed by atoms with Gasteiger partial charge in [0.2, 0.25) is 11.8 Å². The van der Waals surface area contributed by atoms with Crippen LogP contribution in [0.3, 0.4) is 0 Å². The molecule has 0 aliphatic carbocycles. The van der Waals surface area contributed by atoms with Crippen molar-refractivity contribution < 1.29 is 13.7 Å². The molecule has 1 saturated heterocycles. The molecule has 0 radical (unpaired) electrons. The van der Waals surface area contributed by atoms with Gasteiger partial charge in [-0.1, -0.05) is 24.3 Å². The lowest BCUT2D eigenvalue weighted by molar-refractivity contribution is -0.671. The normalized spacial score (nSPS) is 22.9. The second kappa shape index (κ2) is 3.16. The van der Waals surface area contributed by atoms with Crippen LogP contribution in [0.15, 0.2) is 52.9 Å². The summed E-state index contributed by atoms with van der Waals surface area (Å²) in [5.41, 5.74) is 3.01. The standard InChI is InChI=1S/C15H11N2O2/c1-3-7-11-9(5-1)15-17(13-14(16-13)18-11)10-6-2-4-8-12(10)19-15/h1-8,13-14,16H/q+1. The van der Waals surface area contributed by atoms with Crippen molar-refractivity contribution in [3.63, 3.8) is 0 Å². The first kappa shape index (κ1) is 9.58. The van der Waals surface area contributed by atoms with E-state index in [1.165, 1.54) is 0 Å². The molecular formula is C15H11N2O2+. The van der Waals surface area contributed by atoms with Gasteiger partial charge >= 0.3 is 5.89 Å². The molecule has 2 unspecified atom stereocenters. The molecular weight excluding hydrogens is 240 g/mol. The summed E-state index contributed by atoms with van der Waals surface area (Å²) in [6.07, 6.45) is 0.194. The highest BCUT2D eigenvalue weighted by atomic mass is 16.5. The zero-order chi connectivity index (χ0) is 12.4. The highest BCUT2D eigenvalue weighted by Crippen LogP contribution is 2.38. The van der Waals surface area contributed by atoms with Crippen LogP contribution in [0.2, 0.25) is 0 Å². The number of benzene rings is 2. The van der Waals surface area contributed by atoms with Crippen molar-refractivity contribution >= 4 is 11.1 Å². The molecule has 1 aromatic heterocycles.